The molecule has 0 saturated carbocycles. The van der Waals surface area contributed by atoms with E-state index >= 15 is 0 Å². The molecule has 23 heavy (non-hydrogen) atoms. The molecule has 1 aliphatic rings. The summed E-state index contributed by atoms with van der Waals surface area (Å²) >= 11 is 0. The molecule has 2 aromatic rings. The van der Waals surface area contributed by atoms with Gasteiger partial charge in [-0.25, -0.2) is 9.78 Å². The molecule has 0 bridgehead atoms. The zero-order valence-corrected chi connectivity index (χ0v) is 11.9. The molecule has 3 rings (SSSR count). The summed E-state index contributed by atoms with van der Waals surface area (Å²) in [6.45, 7) is 0.741. The number of fused-ring (bicyclic) bond motifs is 1. The summed E-state index contributed by atoms with van der Waals surface area (Å²) in [7, 11) is 0. The van der Waals surface area contributed by atoms with Crippen LogP contribution in [0.5, 0.6) is 0 Å². The van der Waals surface area contributed by atoms with Crippen molar-refractivity contribution in [2.75, 3.05) is 11.9 Å². The Morgan fingerprint density at radius 3 is 3.00 bits per heavy atom. The normalized spacial score (nSPS) is 17.6. The first-order valence-corrected chi connectivity index (χ1v) is 7.00. The molecule has 0 saturated heterocycles. The number of hydrogen-bond donors (Lipinski definition) is 2. The molecule has 0 aromatic carbocycles. The van der Waals surface area contributed by atoms with E-state index in [4.69, 9.17) is 0 Å². The molecular weight excluding hydrogens is 315 g/mol. The Hall–Kier alpha value is -2.52. The Bertz CT molecular complexity index is 680. The third kappa shape index (κ3) is 3.63. The van der Waals surface area contributed by atoms with Crippen molar-refractivity contribution in [3.8, 4) is 0 Å². The number of aryl methyl sites for hydroxylation is 1. The monoisotopic (exact) mass is 329 g/mol. The van der Waals surface area contributed by atoms with E-state index in [1.165, 1.54) is 16.9 Å². The lowest BCUT2D eigenvalue weighted by Gasteiger charge is -2.23. The molecule has 124 valence electrons. The van der Waals surface area contributed by atoms with Crippen molar-refractivity contribution in [1.29, 1.82) is 0 Å². The number of carbonyl (C=O) groups is 1. The highest BCUT2D eigenvalue weighted by atomic mass is 19.4. The highest BCUT2D eigenvalue weighted by molar-refractivity contribution is 5.87. The van der Waals surface area contributed by atoms with Gasteiger partial charge in [0.05, 0.1) is 0 Å². The highest BCUT2D eigenvalue weighted by Gasteiger charge is 2.35. The standard InChI is InChI=1S/C13H14F3N5O2/c14-13(15,16)9-7-21-6-8(1-2-11(21)18-9)5-17-12(22)19-10-3-4-23-20-10/h3-4,7-8H,1-2,5-6H2,(H2,17,19,20,22). The Kier molecular flexibility index (Phi) is 3.97. The fourth-order valence-corrected chi connectivity index (χ4v) is 2.49. The number of nitrogens with one attached hydrogen (secondary N) is 2. The summed E-state index contributed by atoms with van der Waals surface area (Å²) in [5, 5.41) is 8.69. The quantitative estimate of drug-likeness (QED) is 0.905. The number of amides is 2. The minimum Gasteiger partial charge on any atom is -0.363 e. The van der Waals surface area contributed by atoms with Gasteiger partial charge in [-0.3, -0.25) is 5.32 Å². The van der Waals surface area contributed by atoms with Crippen molar-refractivity contribution >= 4 is 11.8 Å². The Morgan fingerprint density at radius 1 is 1.48 bits per heavy atom. The lowest BCUT2D eigenvalue weighted by molar-refractivity contribution is -0.141. The largest absolute Gasteiger partial charge is 0.434 e. The van der Waals surface area contributed by atoms with E-state index in [0.717, 1.165) is 6.20 Å². The molecule has 0 fully saturated rings. The van der Waals surface area contributed by atoms with Crippen LogP contribution in [0, 0.1) is 5.92 Å². The van der Waals surface area contributed by atoms with Gasteiger partial charge in [0.2, 0.25) is 0 Å². The van der Waals surface area contributed by atoms with Crippen LogP contribution >= 0.6 is 0 Å². The van der Waals surface area contributed by atoms with Crippen LogP contribution in [0.4, 0.5) is 23.8 Å². The molecule has 0 radical (unpaired) electrons. The van der Waals surface area contributed by atoms with Gasteiger partial charge in [0.25, 0.3) is 0 Å². The maximum Gasteiger partial charge on any atom is 0.434 e. The van der Waals surface area contributed by atoms with Crippen LogP contribution in [0.3, 0.4) is 0 Å². The van der Waals surface area contributed by atoms with Crippen LogP contribution < -0.4 is 10.6 Å². The average Bonchev–Trinajstić information content (AvgIpc) is 3.12. The first kappa shape index (κ1) is 15.4. The van der Waals surface area contributed by atoms with Crippen molar-refractivity contribution in [2.24, 2.45) is 5.92 Å². The van der Waals surface area contributed by atoms with Crippen LogP contribution in [0.1, 0.15) is 17.9 Å². The third-order valence-corrected chi connectivity index (χ3v) is 3.61. The van der Waals surface area contributed by atoms with Gasteiger partial charge in [-0.2, -0.15) is 13.2 Å². The zero-order valence-electron chi connectivity index (χ0n) is 11.9. The first-order chi connectivity index (χ1) is 10.9. The maximum absolute atomic E-state index is 12.7. The fraction of sp³-hybridized carbons (Fsp3) is 0.462. The zero-order chi connectivity index (χ0) is 16.4. The Morgan fingerprint density at radius 2 is 2.30 bits per heavy atom. The summed E-state index contributed by atoms with van der Waals surface area (Å²) in [5.41, 5.74) is -0.870. The molecule has 0 aliphatic carbocycles. The number of urea groups is 1. The van der Waals surface area contributed by atoms with Gasteiger partial charge >= 0.3 is 12.2 Å². The lowest BCUT2D eigenvalue weighted by Crippen LogP contribution is -2.36. The van der Waals surface area contributed by atoms with E-state index < -0.39 is 17.9 Å². The van der Waals surface area contributed by atoms with E-state index in [2.05, 4.69) is 25.3 Å². The summed E-state index contributed by atoms with van der Waals surface area (Å²) in [5.74, 6) is 0.763. The molecule has 1 unspecified atom stereocenters. The third-order valence-electron chi connectivity index (χ3n) is 3.61. The van der Waals surface area contributed by atoms with Gasteiger partial charge in [-0.1, -0.05) is 5.16 Å². The number of hydrogen-bond acceptors (Lipinski definition) is 4. The number of anilines is 1. The van der Waals surface area contributed by atoms with Crippen LogP contribution in [-0.4, -0.2) is 27.3 Å². The van der Waals surface area contributed by atoms with Crippen molar-refractivity contribution in [3.63, 3.8) is 0 Å². The fourth-order valence-electron chi connectivity index (χ4n) is 2.49. The molecule has 2 aromatic heterocycles. The van der Waals surface area contributed by atoms with E-state index in [-0.39, 0.29) is 11.7 Å². The van der Waals surface area contributed by atoms with Crippen molar-refractivity contribution in [2.45, 2.75) is 25.6 Å². The topological polar surface area (TPSA) is 85.0 Å². The van der Waals surface area contributed by atoms with Crippen LogP contribution in [0.15, 0.2) is 23.0 Å². The Labute approximate surface area is 128 Å². The van der Waals surface area contributed by atoms with E-state index in [9.17, 15) is 18.0 Å². The van der Waals surface area contributed by atoms with Crippen molar-refractivity contribution < 1.29 is 22.5 Å². The molecule has 3 heterocycles. The number of nitrogens with zero attached hydrogens (tertiary/aromatic N) is 3. The van der Waals surface area contributed by atoms with E-state index in [1.54, 1.807) is 0 Å². The van der Waals surface area contributed by atoms with Gasteiger partial charge in [-0.15, -0.1) is 0 Å². The maximum atomic E-state index is 12.7. The van der Waals surface area contributed by atoms with E-state index in [1.807, 2.05) is 0 Å². The molecule has 7 nitrogen and oxygen atoms in total. The molecule has 2 N–H and O–H groups in total. The van der Waals surface area contributed by atoms with Gasteiger partial charge in [-0.05, 0) is 12.3 Å². The molecule has 0 spiro atoms. The second-order valence-corrected chi connectivity index (χ2v) is 5.32. The summed E-state index contributed by atoms with van der Waals surface area (Å²) < 4.78 is 44.0. The molecule has 1 aliphatic heterocycles. The smallest absolute Gasteiger partial charge is 0.363 e. The SMILES string of the molecule is O=C(NCC1CCc2nc(C(F)(F)F)cn2C1)Nc1ccon1. The summed E-state index contributed by atoms with van der Waals surface area (Å²) in [6.07, 6.45) is -0.964. The molecule has 2 amide bonds. The van der Waals surface area contributed by atoms with Crippen molar-refractivity contribution in [1.82, 2.24) is 20.0 Å². The Balaban J connectivity index is 1.53. The number of halogens is 3. The predicted molar refractivity (Wildman–Crippen MR) is 72.6 cm³/mol. The molecule has 1 atom stereocenters. The summed E-state index contributed by atoms with van der Waals surface area (Å²) in [6, 6.07) is 1.06. The second kappa shape index (κ2) is 5.94. The van der Waals surface area contributed by atoms with Crippen LogP contribution in [-0.2, 0) is 19.1 Å². The average molecular weight is 329 g/mol. The van der Waals surface area contributed by atoms with Crippen molar-refractivity contribution in [3.05, 3.63) is 30.0 Å². The van der Waals surface area contributed by atoms with Gasteiger partial charge in [0.1, 0.15) is 12.1 Å². The minimum absolute atomic E-state index is 0.0424. The van der Waals surface area contributed by atoms with Gasteiger partial charge in [0.15, 0.2) is 11.5 Å². The number of alkyl halides is 3. The highest BCUT2D eigenvalue weighted by Crippen LogP contribution is 2.30. The van der Waals surface area contributed by atoms with Crippen LogP contribution in [0.2, 0.25) is 0 Å². The summed E-state index contributed by atoms with van der Waals surface area (Å²) in [4.78, 5) is 15.3. The minimum atomic E-state index is -4.43. The lowest BCUT2D eigenvalue weighted by atomic mass is 9.99. The molecule has 10 heteroatoms. The van der Waals surface area contributed by atoms with Gasteiger partial charge in [0, 0.05) is 31.8 Å². The second-order valence-electron chi connectivity index (χ2n) is 5.32. The van der Waals surface area contributed by atoms with E-state index in [0.29, 0.717) is 31.8 Å². The number of imidazole rings is 1. The number of carbonyl (C=O) groups excluding carboxylic acids is 1. The number of aromatic nitrogens is 3. The predicted octanol–water partition coefficient (Wildman–Crippen LogP) is 2.27. The number of rotatable bonds is 3. The molecular formula is C13H14F3N5O2. The van der Waals surface area contributed by atoms with Gasteiger partial charge < -0.3 is 14.4 Å². The first-order valence-electron chi connectivity index (χ1n) is 7.00. The van der Waals surface area contributed by atoms with Crippen LogP contribution in [0.25, 0.3) is 0 Å².